The first-order valence-electron chi connectivity index (χ1n) is 6.27. The molecule has 1 atom stereocenters. The highest BCUT2D eigenvalue weighted by atomic mass is 31.1. The van der Waals surface area contributed by atoms with Crippen molar-refractivity contribution in [1.82, 2.24) is 0 Å². The summed E-state index contributed by atoms with van der Waals surface area (Å²) in [4.78, 5) is 22.2. The van der Waals surface area contributed by atoms with Crippen molar-refractivity contribution in [1.29, 1.82) is 0 Å². The Kier molecular flexibility index (Phi) is 6.08. The average molecular weight is 316 g/mol. The van der Waals surface area contributed by atoms with Crippen molar-refractivity contribution in [2.75, 3.05) is 13.2 Å². The first kappa shape index (κ1) is 17.4. The van der Waals surface area contributed by atoms with Gasteiger partial charge in [-0.2, -0.15) is 0 Å². The summed E-state index contributed by atoms with van der Waals surface area (Å²) >= 11 is 0. The minimum absolute atomic E-state index is 0.207. The Labute approximate surface area is 122 Å². The van der Waals surface area contributed by atoms with Crippen LogP contribution in [0.4, 0.5) is 0 Å². The molecular formula is C13H17O7P. The number of rotatable bonds is 8. The highest BCUT2D eigenvalue weighted by molar-refractivity contribution is 7.24. The van der Waals surface area contributed by atoms with E-state index in [4.69, 9.17) is 19.7 Å². The number of carbonyl (C=O) groups is 2. The lowest BCUT2D eigenvalue weighted by Gasteiger charge is -2.29. The van der Waals surface area contributed by atoms with Gasteiger partial charge in [-0.25, -0.2) is 9.59 Å². The molecule has 0 fully saturated rings. The van der Waals surface area contributed by atoms with Gasteiger partial charge in [0.1, 0.15) is 8.46 Å². The molecule has 0 radical (unpaired) electrons. The molecule has 0 aromatic heterocycles. The topological polar surface area (TPSA) is 110 Å². The summed E-state index contributed by atoms with van der Waals surface area (Å²) in [7, 11) is -1.57. The molecule has 0 saturated carbocycles. The average Bonchev–Trinajstić information content (AvgIpc) is 2.46. The fourth-order valence-corrected chi connectivity index (χ4v) is 2.68. The van der Waals surface area contributed by atoms with Crippen LogP contribution in [0.1, 0.15) is 40.1 Å². The molecule has 1 rings (SSSR count). The summed E-state index contributed by atoms with van der Waals surface area (Å²) in [5.41, 5.74) is -2.07. The molecule has 0 saturated heterocycles. The van der Waals surface area contributed by atoms with Gasteiger partial charge >= 0.3 is 11.9 Å². The molecule has 0 aliphatic rings. The molecule has 0 aliphatic carbocycles. The highest BCUT2D eigenvalue weighted by Crippen LogP contribution is 2.38. The highest BCUT2D eigenvalue weighted by Gasteiger charge is 2.34. The Morgan fingerprint density at radius 3 is 2.00 bits per heavy atom. The molecule has 1 aromatic rings. The van der Waals surface area contributed by atoms with Crippen molar-refractivity contribution in [3.8, 4) is 0 Å². The van der Waals surface area contributed by atoms with Crippen molar-refractivity contribution in [2.45, 2.75) is 19.4 Å². The molecule has 0 bridgehead atoms. The van der Waals surface area contributed by atoms with Gasteiger partial charge in [0, 0.05) is 18.8 Å². The maximum Gasteiger partial charge on any atom is 0.336 e. The van der Waals surface area contributed by atoms with Crippen molar-refractivity contribution < 1.29 is 33.8 Å². The van der Waals surface area contributed by atoms with Gasteiger partial charge in [-0.15, -0.1) is 0 Å². The van der Waals surface area contributed by atoms with Gasteiger partial charge in [-0.05, 0) is 26.0 Å². The Hall–Kier alpha value is -1.69. The van der Waals surface area contributed by atoms with E-state index in [2.05, 4.69) is 0 Å². The summed E-state index contributed by atoms with van der Waals surface area (Å²) in [6.45, 7) is 3.79. The van der Waals surface area contributed by atoms with E-state index in [9.17, 15) is 14.2 Å². The Morgan fingerprint density at radius 2 is 1.62 bits per heavy atom. The summed E-state index contributed by atoms with van der Waals surface area (Å²) in [5.74, 6) is -2.75. The molecule has 21 heavy (non-hydrogen) atoms. The second-order valence-corrected chi connectivity index (χ2v) is 5.02. The SMILES string of the molecule is CCOC(OCC)([PH2]=O)c1ccc(C(=O)O)c(C(=O)O)c1. The lowest BCUT2D eigenvalue weighted by molar-refractivity contribution is -0.176. The lowest BCUT2D eigenvalue weighted by atomic mass is 10.0. The Balaban J connectivity index is 3.46. The van der Waals surface area contributed by atoms with Gasteiger partial charge in [-0.1, -0.05) is 6.07 Å². The van der Waals surface area contributed by atoms with Crippen LogP contribution in [0.25, 0.3) is 0 Å². The van der Waals surface area contributed by atoms with Crippen LogP contribution >= 0.6 is 8.46 Å². The van der Waals surface area contributed by atoms with Crippen LogP contribution in [0.15, 0.2) is 18.2 Å². The minimum atomic E-state index is -1.57. The first-order chi connectivity index (χ1) is 9.91. The maximum absolute atomic E-state index is 11.6. The number of carboxylic acid groups (broad SMARTS) is 2. The van der Waals surface area contributed by atoms with Gasteiger partial charge < -0.3 is 24.3 Å². The van der Waals surface area contributed by atoms with E-state index in [0.717, 1.165) is 12.1 Å². The molecule has 7 nitrogen and oxygen atoms in total. The fraction of sp³-hybridized carbons (Fsp3) is 0.385. The first-order valence-corrected chi connectivity index (χ1v) is 7.32. The lowest BCUT2D eigenvalue weighted by Crippen LogP contribution is -2.28. The van der Waals surface area contributed by atoms with Crippen LogP contribution < -0.4 is 0 Å². The van der Waals surface area contributed by atoms with E-state index in [0.29, 0.717) is 0 Å². The summed E-state index contributed by atoms with van der Waals surface area (Å²) < 4.78 is 22.4. The van der Waals surface area contributed by atoms with Gasteiger partial charge in [0.05, 0.1) is 11.1 Å². The van der Waals surface area contributed by atoms with E-state index >= 15 is 0 Å². The quantitative estimate of drug-likeness (QED) is 0.557. The van der Waals surface area contributed by atoms with Crippen molar-refractivity contribution in [3.05, 3.63) is 34.9 Å². The number of benzene rings is 1. The second kappa shape index (κ2) is 7.36. The molecule has 116 valence electrons. The van der Waals surface area contributed by atoms with Crippen molar-refractivity contribution in [3.63, 3.8) is 0 Å². The third kappa shape index (κ3) is 3.69. The van der Waals surface area contributed by atoms with Crippen molar-refractivity contribution >= 4 is 20.4 Å². The predicted molar refractivity (Wildman–Crippen MR) is 75.7 cm³/mol. The zero-order valence-corrected chi connectivity index (χ0v) is 12.8. The number of aromatic carboxylic acids is 2. The largest absolute Gasteiger partial charge is 0.478 e. The molecule has 8 heteroatoms. The molecule has 1 unspecified atom stereocenters. The van der Waals surface area contributed by atoms with E-state index in [-0.39, 0.29) is 24.3 Å². The predicted octanol–water partition coefficient (Wildman–Crippen LogP) is 2.02. The zero-order chi connectivity index (χ0) is 16.0. The molecule has 0 heterocycles. The molecule has 0 spiro atoms. The number of hydrogen-bond acceptors (Lipinski definition) is 5. The number of hydrogen-bond donors (Lipinski definition) is 2. The summed E-state index contributed by atoms with van der Waals surface area (Å²) in [5, 5.41) is 18.1. The van der Waals surface area contributed by atoms with E-state index in [1.807, 2.05) is 0 Å². The van der Waals surface area contributed by atoms with Crippen LogP contribution in [-0.2, 0) is 19.6 Å². The van der Waals surface area contributed by atoms with Crippen LogP contribution in [-0.4, -0.2) is 35.4 Å². The van der Waals surface area contributed by atoms with Crippen LogP contribution in [0.2, 0.25) is 0 Å². The normalized spacial score (nSPS) is 11.9. The summed E-state index contributed by atoms with van der Waals surface area (Å²) in [6, 6.07) is 3.62. The van der Waals surface area contributed by atoms with Crippen LogP contribution in [0, 0.1) is 0 Å². The van der Waals surface area contributed by atoms with Gasteiger partial charge in [0.15, 0.2) is 0 Å². The van der Waals surface area contributed by atoms with Gasteiger partial charge in [0.2, 0.25) is 5.53 Å². The van der Waals surface area contributed by atoms with Crippen LogP contribution in [0.3, 0.4) is 0 Å². The number of carboxylic acids is 2. The van der Waals surface area contributed by atoms with E-state index in [1.54, 1.807) is 13.8 Å². The standard InChI is InChI=1S/C13H17O7P/c1-3-19-13(21-18,20-4-2)8-5-6-9(11(14)15)10(7-8)12(16)17/h5-7H,3-4,21H2,1-2H3,(H,14,15)(H,16,17). The van der Waals surface area contributed by atoms with E-state index < -0.39 is 31.5 Å². The molecule has 1 aromatic carbocycles. The van der Waals surface area contributed by atoms with E-state index in [1.165, 1.54) is 6.07 Å². The monoisotopic (exact) mass is 316 g/mol. The summed E-state index contributed by atoms with van der Waals surface area (Å²) in [6.07, 6.45) is 0. The molecular weight excluding hydrogens is 299 g/mol. The smallest absolute Gasteiger partial charge is 0.336 e. The Morgan fingerprint density at radius 1 is 1.10 bits per heavy atom. The van der Waals surface area contributed by atoms with Gasteiger partial charge in [0.25, 0.3) is 0 Å². The van der Waals surface area contributed by atoms with Crippen LogP contribution in [0.5, 0.6) is 0 Å². The zero-order valence-electron chi connectivity index (χ0n) is 11.7. The maximum atomic E-state index is 11.6. The fourth-order valence-electron chi connectivity index (χ4n) is 1.90. The third-order valence-electron chi connectivity index (χ3n) is 2.76. The van der Waals surface area contributed by atoms with Crippen molar-refractivity contribution in [2.24, 2.45) is 0 Å². The molecule has 0 aliphatic heterocycles. The minimum Gasteiger partial charge on any atom is -0.478 e. The van der Waals surface area contributed by atoms with Gasteiger partial charge in [-0.3, -0.25) is 0 Å². The third-order valence-corrected chi connectivity index (χ3v) is 3.73. The molecule has 0 amide bonds. The molecule has 2 N–H and O–H groups in total. The number of ether oxygens (including phenoxy) is 2. The Bertz CT molecular complexity index is 549. The second-order valence-electron chi connectivity index (χ2n) is 4.02.